The number of hydrogen-bond donors (Lipinski definition) is 1. The molecule has 0 heterocycles. The smallest absolute Gasteiger partial charge is 0.267 e. The van der Waals surface area contributed by atoms with Gasteiger partial charge >= 0.3 is 0 Å². The van der Waals surface area contributed by atoms with E-state index in [0.29, 0.717) is 16.3 Å². The van der Waals surface area contributed by atoms with E-state index in [4.69, 9.17) is 11.6 Å². The standard InChI is InChI=1S/C15H12BrClN2O/c1-10(11-5-4-6-12(16)9-11)18-19-15(20)13-7-2-3-8-14(13)17/h2-9H,1H3,(H,19,20). The van der Waals surface area contributed by atoms with Crippen molar-refractivity contribution in [2.75, 3.05) is 0 Å². The van der Waals surface area contributed by atoms with Gasteiger partial charge in [-0.25, -0.2) is 5.43 Å². The second-order valence-corrected chi connectivity index (χ2v) is 5.45. The van der Waals surface area contributed by atoms with Crippen LogP contribution in [0.2, 0.25) is 5.02 Å². The van der Waals surface area contributed by atoms with E-state index in [0.717, 1.165) is 10.0 Å². The largest absolute Gasteiger partial charge is 0.272 e. The molecule has 1 amide bonds. The average molecular weight is 352 g/mol. The summed E-state index contributed by atoms with van der Waals surface area (Å²) in [6.07, 6.45) is 0. The molecule has 0 saturated carbocycles. The summed E-state index contributed by atoms with van der Waals surface area (Å²) in [6, 6.07) is 14.5. The van der Waals surface area contributed by atoms with Crippen molar-refractivity contribution in [2.24, 2.45) is 5.10 Å². The lowest BCUT2D eigenvalue weighted by molar-refractivity contribution is 0.0955. The predicted octanol–water partition coefficient (Wildman–Crippen LogP) is 4.26. The van der Waals surface area contributed by atoms with E-state index in [1.807, 2.05) is 31.2 Å². The SMILES string of the molecule is CC(=NNC(=O)c1ccccc1Cl)c1cccc(Br)c1. The summed E-state index contributed by atoms with van der Waals surface area (Å²) >= 11 is 9.35. The summed E-state index contributed by atoms with van der Waals surface area (Å²) < 4.78 is 0.960. The van der Waals surface area contributed by atoms with Crippen molar-refractivity contribution < 1.29 is 4.79 Å². The minimum absolute atomic E-state index is 0.329. The molecule has 5 heteroatoms. The number of nitrogens with zero attached hydrogens (tertiary/aromatic N) is 1. The van der Waals surface area contributed by atoms with Gasteiger partial charge in [-0.3, -0.25) is 4.79 Å². The van der Waals surface area contributed by atoms with Gasteiger partial charge in [0.05, 0.1) is 16.3 Å². The third kappa shape index (κ3) is 3.68. The van der Waals surface area contributed by atoms with Crippen LogP contribution in [0.15, 0.2) is 58.1 Å². The summed E-state index contributed by atoms with van der Waals surface area (Å²) in [5.41, 5.74) is 4.55. The van der Waals surface area contributed by atoms with Crippen LogP contribution in [0.4, 0.5) is 0 Å². The van der Waals surface area contributed by atoms with Crippen molar-refractivity contribution in [1.82, 2.24) is 5.43 Å². The highest BCUT2D eigenvalue weighted by molar-refractivity contribution is 9.10. The fraction of sp³-hybridized carbons (Fsp3) is 0.0667. The van der Waals surface area contributed by atoms with E-state index in [2.05, 4.69) is 26.5 Å². The zero-order valence-corrected chi connectivity index (χ0v) is 13.1. The second-order valence-electron chi connectivity index (χ2n) is 4.13. The Morgan fingerprint density at radius 1 is 1.20 bits per heavy atom. The van der Waals surface area contributed by atoms with Crippen LogP contribution in [-0.4, -0.2) is 11.6 Å². The van der Waals surface area contributed by atoms with Crippen LogP contribution >= 0.6 is 27.5 Å². The Bertz CT molecular complexity index is 670. The van der Waals surface area contributed by atoms with Gasteiger partial charge in [0.25, 0.3) is 5.91 Å². The molecule has 0 aliphatic heterocycles. The summed E-state index contributed by atoms with van der Waals surface area (Å²) in [4.78, 5) is 12.0. The van der Waals surface area contributed by atoms with Crippen LogP contribution in [0.5, 0.6) is 0 Å². The molecule has 3 nitrogen and oxygen atoms in total. The lowest BCUT2D eigenvalue weighted by atomic mass is 10.1. The van der Waals surface area contributed by atoms with Crippen LogP contribution in [0.1, 0.15) is 22.8 Å². The van der Waals surface area contributed by atoms with Crippen LogP contribution in [0.25, 0.3) is 0 Å². The van der Waals surface area contributed by atoms with Crippen molar-refractivity contribution in [3.63, 3.8) is 0 Å². The number of halogens is 2. The van der Waals surface area contributed by atoms with E-state index in [1.165, 1.54) is 0 Å². The van der Waals surface area contributed by atoms with Crippen LogP contribution < -0.4 is 5.43 Å². The first kappa shape index (κ1) is 14.8. The monoisotopic (exact) mass is 350 g/mol. The van der Waals surface area contributed by atoms with Gasteiger partial charge in [-0.15, -0.1) is 0 Å². The maximum atomic E-state index is 12.0. The topological polar surface area (TPSA) is 41.5 Å². The third-order valence-electron chi connectivity index (χ3n) is 2.69. The molecule has 0 aliphatic rings. The van der Waals surface area contributed by atoms with Crippen molar-refractivity contribution in [1.29, 1.82) is 0 Å². The number of hydrazone groups is 1. The summed E-state index contributed by atoms with van der Waals surface area (Å²) in [7, 11) is 0. The van der Waals surface area contributed by atoms with Crippen LogP contribution in [0, 0.1) is 0 Å². The lowest BCUT2D eigenvalue weighted by Gasteiger charge is -2.04. The third-order valence-corrected chi connectivity index (χ3v) is 3.51. The van der Waals surface area contributed by atoms with E-state index >= 15 is 0 Å². The Labute approximate surface area is 130 Å². The van der Waals surface area contributed by atoms with E-state index in [-0.39, 0.29) is 5.91 Å². The van der Waals surface area contributed by atoms with E-state index in [1.54, 1.807) is 24.3 Å². The first-order valence-corrected chi connectivity index (χ1v) is 7.10. The Hall–Kier alpha value is -1.65. The van der Waals surface area contributed by atoms with Gasteiger partial charge < -0.3 is 0 Å². The summed E-state index contributed by atoms with van der Waals surface area (Å²) in [6.45, 7) is 1.83. The number of rotatable bonds is 3. The molecule has 0 fully saturated rings. The minimum atomic E-state index is -0.329. The molecule has 0 radical (unpaired) electrons. The van der Waals surface area contributed by atoms with Gasteiger partial charge in [-0.2, -0.15) is 5.10 Å². The first-order valence-electron chi connectivity index (χ1n) is 5.93. The zero-order chi connectivity index (χ0) is 14.5. The maximum absolute atomic E-state index is 12.0. The molecular formula is C15H12BrClN2O. The average Bonchev–Trinajstić information content (AvgIpc) is 2.45. The Balaban J connectivity index is 2.13. The highest BCUT2D eigenvalue weighted by atomic mass is 79.9. The number of carbonyl (C=O) groups excluding carboxylic acids is 1. The highest BCUT2D eigenvalue weighted by Crippen LogP contribution is 2.15. The molecule has 0 atom stereocenters. The molecule has 0 aromatic heterocycles. The molecule has 2 aromatic rings. The number of hydrogen-bond acceptors (Lipinski definition) is 2. The molecule has 2 aromatic carbocycles. The minimum Gasteiger partial charge on any atom is -0.267 e. The normalized spacial score (nSPS) is 11.2. The van der Waals surface area contributed by atoms with E-state index < -0.39 is 0 Å². The highest BCUT2D eigenvalue weighted by Gasteiger charge is 2.08. The van der Waals surface area contributed by atoms with Crippen molar-refractivity contribution in [3.8, 4) is 0 Å². The summed E-state index contributed by atoms with van der Waals surface area (Å²) in [5, 5.41) is 4.49. The molecule has 0 spiro atoms. The van der Waals surface area contributed by atoms with Crippen LogP contribution in [-0.2, 0) is 0 Å². The van der Waals surface area contributed by atoms with Crippen molar-refractivity contribution >= 4 is 39.1 Å². The molecule has 1 N–H and O–H groups in total. The molecule has 2 rings (SSSR count). The molecule has 0 unspecified atom stereocenters. The van der Waals surface area contributed by atoms with Gasteiger partial charge in [0.1, 0.15) is 0 Å². The fourth-order valence-electron chi connectivity index (χ4n) is 1.62. The second kappa shape index (κ2) is 6.68. The molecule has 20 heavy (non-hydrogen) atoms. The first-order chi connectivity index (χ1) is 9.58. The van der Waals surface area contributed by atoms with Crippen molar-refractivity contribution in [3.05, 3.63) is 69.2 Å². The lowest BCUT2D eigenvalue weighted by Crippen LogP contribution is -2.19. The van der Waals surface area contributed by atoms with Gasteiger partial charge in [0.15, 0.2) is 0 Å². The van der Waals surface area contributed by atoms with Crippen molar-refractivity contribution in [2.45, 2.75) is 6.92 Å². The zero-order valence-electron chi connectivity index (χ0n) is 10.7. The van der Waals surface area contributed by atoms with E-state index in [9.17, 15) is 4.79 Å². The summed E-state index contributed by atoms with van der Waals surface area (Å²) in [5.74, 6) is -0.329. The predicted molar refractivity (Wildman–Crippen MR) is 85.3 cm³/mol. The maximum Gasteiger partial charge on any atom is 0.272 e. The molecule has 0 saturated heterocycles. The number of carbonyl (C=O) groups is 1. The molecule has 0 bridgehead atoms. The quantitative estimate of drug-likeness (QED) is 0.651. The Morgan fingerprint density at radius 2 is 1.95 bits per heavy atom. The molecule has 0 aliphatic carbocycles. The number of nitrogens with one attached hydrogen (secondary N) is 1. The number of benzene rings is 2. The number of amides is 1. The van der Waals surface area contributed by atoms with Gasteiger partial charge in [0.2, 0.25) is 0 Å². The fourth-order valence-corrected chi connectivity index (χ4v) is 2.24. The Kier molecular flexibility index (Phi) is 4.93. The van der Waals surface area contributed by atoms with Gasteiger partial charge in [-0.05, 0) is 36.8 Å². The van der Waals surface area contributed by atoms with Gasteiger partial charge in [0, 0.05) is 4.47 Å². The van der Waals surface area contributed by atoms with Crippen LogP contribution in [0.3, 0.4) is 0 Å². The molecule has 102 valence electrons. The molecular weight excluding hydrogens is 340 g/mol. The Morgan fingerprint density at radius 3 is 2.65 bits per heavy atom. The van der Waals surface area contributed by atoms with Gasteiger partial charge in [-0.1, -0.05) is 51.8 Å².